The Hall–Kier alpha value is -1.66. The number of nitriles is 1. The minimum Gasteiger partial charge on any atom is -0.239 e. The third-order valence-corrected chi connectivity index (χ3v) is 4.84. The molecule has 0 fully saturated rings. The number of aryl methyl sites for hydroxylation is 2. The summed E-state index contributed by atoms with van der Waals surface area (Å²) in [6.07, 6.45) is 2.13. The van der Waals surface area contributed by atoms with Gasteiger partial charge in [0.1, 0.15) is 10.4 Å². The molecule has 90 valence electrons. The van der Waals surface area contributed by atoms with Crippen LogP contribution in [0.1, 0.15) is 29.3 Å². The largest absolute Gasteiger partial charge is 0.239 e. The maximum atomic E-state index is 9.22. The Morgan fingerprint density at radius 3 is 2.83 bits per heavy atom. The van der Waals surface area contributed by atoms with Gasteiger partial charge in [0, 0.05) is 10.4 Å². The van der Waals surface area contributed by atoms with Crippen molar-refractivity contribution in [3.8, 4) is 17.3 Å². The molecule has 1 aliphatic carbocycles. The first-order valence-electron chi connectivity index (χ1n) is 6.11. The van der Waals surface area contributed by atoms with E-state index in [0.717, 1.165) is 23.5 Å². The topological polar surface area (TPSA) is 36.7 Å². The highest BCUT2D eigenvalue weighted by molar-refractivity contribution is 7.12. The number of benzene rings is 1. The zero-order valence-electron chi connectivity index (χ0n) is 10.5. The fourth-order valence-electron chi connectivity index (χ4n) is 2.26. The van der Waals surface area contributed by atoms with Crippen LogP contribution in [0.25, 0.3) is 11.3 Å². The second-order valence-electron chi connectivity index (χ2n) is 5.18. The minimum absolute atomic E-state index is 0.489. The Morgan fingerprint density at radius 2 is 2.06 bits per heavy atom. The van der Waals surface area contributed by atoms with Crippen molar-refractivity contribution in [1.82, 2.24) is 4.98 Å². The first-order valence-corrected chi connectivity index (χ1v) is 6.93. The summed E-state index contributed by atoms with van der Waals surface area (Å²) in [6, 6.07) is 10.8. The van der Waals surface area contributed by atoms with E-state index < -0.39 is 5.41 Å². The van der Waals surface area contributed by atoms with Crippen LogP contribution in [0.15, 0.2) is 24.3 Å². The van der Waals surface area contributed by atoms with E-state index >= 15 is 0 Å². The van der Waals surface area contributed by atoms with Crippen LogP contribution in [0.4, 0.5) is 0 Å². The van der Waals surface area contributed by atoms with Crippen molar-refractivity contribution in [1.29, 1.82) is 5.26 Å². The number of rotatable bonds is 1. The molecule has 0 spiro atoms. The Kier molecular flexibility index (Phi) is 2.49. The van der Waals surface area contributed by atoms with Crippen molar-refractivity contribution < 1.29 is 0 Å². The lowest BCUT2D eigenvalue weighted by molar-refractivity contribution is 0.680. The van der Waals surface area contributed by atoms with Gasteiger partial charge in [0.05, 0.1) is 11.8 Å². The van der Waals surface area contributed by atoms with Gasteiger partial charge < -0.3 is 0 Å². The first-order chi connectivity index (χ1) is 8.62. The lowest BCUT2D eigenvalue weighted by Gasteiger charge is -2.14. The van der Waals surface area contributed by atoms with E-state index in [-0.39, 0.29) is 0 Å². The van der Waals surface area contributed by atoms with Gasteiger partial charge in [-0.3, -0.25) is 0 Å². The van der Waals surface area contributed by atoms with E-state index in [0.29, 0.717) is 0 Å². The van der Waals surface area contributed by atoms with Gasteiger partial charge in [0.15, 0.2) is 0 Å². The minimum atomic E-state index is -0.489. The van der Waals surface area contributed by atoms with Crippen molar-refractivity contribution in [3.63, 3.8) is 0 Å². The van der Waals surface area contributed by atoms with Gasteiger partial charge >= 0.3 is 0 Å². The van der Waals surface area contributed by atoms with Crippen LogP contribution < -0.4 is 0 Å². The molecule has 3 heteroatoms. The summed E-state index contributed by atoms with van der Waals surface area (Å²) in [5.74, 6) is 0. The summed E-state index contributed by atoms with van der Waals surface area (Å²) < 4.78 is 0. The molecular formula is C15H14N2S. The molecule has 0 atom stereocenters. The number of nitrogens with zero attached hydrogens (tertiary/aromatic N) is 2. The summed E-state index contributed by atoms with van der Waals surface area (Å²) in [7, 11) is 0. The molecule has 2 aromatic rings. The Labute approximate surface area is 111 Å². The SMILES string of the molecule is CC(C)(C#N)c1nc2c(s1)CCc1ccccc1-2. The lowest BCUT2D eigenvalue weighted by Crippen LogP contribution is -2.13. The molecule has 1 aromatic carbocycles. The maximum Gasteiger partial charge on any atom is 0.113 e. The van der Waals surface area contributed by atoms with Crippen LogP contribution in [0.2, 0.25) is 0 Å². The van der Waals surface area contributed by atoms with E-state index in [1.807, 2.05) is 13.8 Å². The molecular weight excluding hydrogens is 240 g/mol. The second kappa shape index (κ2) is 3.93. The van der Waals surface area contributed by atoms with E-state index in [2.05, 4.69) is 30.3 Å². The zero-order chi connectivity index (χ0) is 12.8. The number of hydrogen-bond donors (Lipinski definition) is 0. The summed E-state index contributed by atoms with van der Waals surface area (Å²) in [5, 5.41) is 10.2. The molecule has 0 N–H and O–H groups in total. The molecule has 0 saturated heterocycles. The highest BCUT2D eigenvalue weighted by Crippen LogP contribution is 2.39. The Morgan fingerprint density at radius 1 is 1.28 bits per heavy atom. The van der Waals surface area contributed by atoms with Crippen LogP contribution in [0, 0.1) is 11.3 Å². The van der Waals surface area contributed by atoms with Gasteiger partial charge in [-0.15, -0.1) is 11.3 Å². The quantitative estimate of drug-likeness (QED) is 0.778. The molecule has 3 rings (SSSR count). The van der Waals surface area contributed by atoms with Crippen LogP contribution in [0.3, 0.4) is 0 Å². The molecule has 18 heavy (non-hydrogen) atoms. The zero-order valence-corrected chi connectivity index (χ0v) is 11.3. The van der Waals surface area contributed by atoms with E-state index in [1.165, 1.54) is 16.0 Å². The van der Waals surface area contributed by atoms with Crippen molar-refractivity contribution in [2.45, 2.75) is 32.1 Å². The Balaban J connectivity index is 2.16. The van der Waals surface area contributed by atoms with Gasteiger partial charge in [-0.05, 0) is 32.3 Å². The van der Waals surface area contributed by atoms with Crippen molar-refractivity contribution in [2.24, 2.45) is 0 Å². The molecule has 0 aliphatic heterocycles. The molecule has 0 radical (unpaired) electrons. The van der Waals surface area contributed by atoms with E-state index in [4.69, 9.17) is 4.98 Å². The maximum absolute atomic E-state index is 9.22. The van der Waals surface area contributed by atoms with Crippen LogP contribution in [-0.2, 0) is 18.3 Å². The number of hydrogen-bond acceptors (Lipinski definition) is 3. The number of thiazole rings is 1. The van der Waals surface area contributed by atoms with E-state index in [1.54, 1.807) is 11.3 Å². The van der Waals surface area contributed by atoms with Gasteiger partial charge in [-0.1, -0.05) is 24.3 Å². The molecule has 1 aromatic heterocycles. The van der Waals surface area contributed by atoms with Gasteiger partial charge in [0.2, 0.25) is 0 Å². The van der Waals surface area contributed by atoms with Gasteiger partial charge in [0.25, 0.3) is 0 Å². The normalized spacial score (nSPS) is 13.6. The third-order valence-electron chi connectivity index (χ3n) is 3.41. The summed E-state index contributed by atoms with van der Waals surface area (Å²) in [4.78, 5) is 6.06. The molecule has 2 nitrogen and oxygen atoms in total. The standard InChI is InChI=1S/C15H14N2S/c1-15(2,9-16)14-17-13-11-6-4-3-5-10(11)7-8-12(13)18-14/h3-6H,7-8H2,1-2H3. The first kappa shape index (κ1) is 11.4. The molecule has 0 amide bonds. The van der Waals surface area contributed by atoms with Gasteiger partial charge in [-0.25, -0.2) is 4.98 Å². The highest BCUT2D eigenvalue weighted by atomic mass is 32.1. The average molecular weight is 254 g/mol. The second-order valence-corrected chi connectivity index (χ2v) is 6.27. The monoisotopic (exact) mass is 254 g/mol. The average Bonchev–Trinajstić information content (AvgIpc) is 2.84. The van der Waals surface area contributed by atoms with Crippen LogP contribution in [-0.4, -0.2) is 4.98 Å². The van der Waals surface area contributed by atoms with Crippen molar-refractivity contribution in [3.05, 3.63) is 39.7 Å². The van der Waals surface area contributed by atoms with Crippen molar-refractivity contribution >= 4 is 11.3 Å². The molecule has 1 heterocycles. The number of aromatic nitrogens is 1. The summed E-state index contributed by atoms with van der Waals surface area (Å²) in [5.41, 5.74) is 3.23. The molecule has 0 bridgehead atoms. The molecule has 0 unspecified atom stereocenters. The van der Waals surface area contributed by atoms with Crippen molar-refractivity contribution in [2.75, 3.05) is 0 Å². The van der Waals surface area contributed by atoms with E-state index in [9.17, 15) is 5.26 Å². The highest BCUT2D eigenvalue weighted by Gasteiger charge is 2.28. The molecule has 1 aliphatic rings. The van der Waals surface area contributed by atoms with Crippen LogP contribution in [0.5, 0.6) is 0 Å². The van der Waals surface area contributed by atoms with Crippen LogP contribution >= 0.6 is 11.3 Å². The number of fused-ring (bicyclic) bond motifs is 3. The Bertz CT molecular complexity index is 647. The fraction of sp³-hybridized carbons (Fsp3) is 0.333. The predicted molar refractivity (Wildman–Crippen MR) is 73.6 cm³/mol. The van der Waals surface area contributed by atoms with Gasteiger partial charge in [-0.2, -0.15) is 5.26 Å². The fourth-order valence-corrected chi connectivity index (χ4v) is 3.39. The third kappa shape index (κ3) is 1.65. The lowest BCUT2D eigenvalue weighted by atomic mass is 9.93. The summed E-state index contributed by atoms with van der Waals surface area (Å²) >= 11 is 1.70. The summed E-state index contributed by atoms with van der Waals surface area (Å²) in [6.45, 7) is 3.87. The predicted octanol–water partition coefficient (Wildman–Crippen LogP) is 3.71. The smallest absolute Gasteiger partial charge is 0.113 e. The molecule has 0 saturated carbocycles.